The molecule has 0 spiro atoms. The molecule has 3 aromatic rings. The number of alkyl halides is 4. The van der Waals surface area contributed by atoms with Crippen molar-refractivity contribution in [3.05, 3.63) is 105 Å². The number of halogens is 4. The average molecular weight is 552 g/mol. The molecule has 0 radical (unpaired) electrons. The van der Waals surface area contributed by atoms with E-state index >= 15 is 0 Å². The van der Waals surface area contributed by atoms with Gasteiger partial charge in [-0.15, -0.1) is 0 Å². The third-order valence-corrected chi connectivity index (χ3v) is 8.09. The first-order chi connectivity index (χ1) is 19.2. The van der Waals surface area contributed by atoms with Crippen LogP contribution in [-0.2, 0) is 19.0 Å². The normalized spacial score (nSPS) is 16.4. The SMILES string of the molecule is Cc1cccc(C2=C(c3ccc(CC4CN(CCCF)C4)cc3)c3ccc(C(=O)O)cc3CCC2)c1C(F)(F)F. The molecule has 0 amide bonds. The molecule has 2 aliphatic rings. The zero-order chi connectivity index (χ0) is 28.4. The summed E-state index contributed by atoms with van der Waals surface area (Å²) < 4.78 is 55.4. The summed E-state index contributed by atoms with van der Waals surface area (Å²) in [5.41, 5.74) is 4.86. The van der Waals surface area contributed by atoms with Gasteiger partial charge in [0.25, 0.3) is 0 Å². The molecule has 3 nitrogen and oxygen atoms in total. The van der Waals surface area contributed by atoms with Crippen molar-refractivity contribution in [3.63, 3.8) is 0 Å². The number of hydrogen-bond donors (Lipinski definition) is 1. The highest BCUT2D eigenvalue weighted by Gasteiger charge is 2.37. The van der Waals surface area contributed by atoms with Gasteiger partial charge in [-0.1, -0.05) is 48.5 Å². The maximum Gasteiger partial charge on any atom is 0.417 e. The molecule has 0 aromatic heterocycles. The second-order valence-electron chi connectivity index (χ2n) is 10.9. The van der Waals surface area contributed by atoms with Gasteiger partial charge in [0.2, 0.25) is 0 Å². The lowest BCUT2D eigenvalue weighted by Gasteiger charge is -2.39. The van der Waals surface area contributed by atoms with Crippen LogP contribution in [0.4, 0.5) is 17.6 Å². The lowest BCUT2D eigenvalue weighted by molar-refractivity contribution is -0.138. The molecular formula is C33H33F4NO2. The predicted octanol–water partition coefficient (Wildman–Crippen LogP) is 7.84. The molecule has 1 heterocycles. The van der Waals surface area contributed by atoms with E-state index in [1.54, 1.807) is 24.3 Å². The summed E-state index contributed by atoms with van der Waals surface area (Å²) in [5, 5.41) is 9.56. The van der Waals surface area contributed by atoms with Crippen molar-refractivity contribution in [1.29, 1.82) is 0 Å². The van der Waals surface area contributed by atoms with E-state index < -0.39 is 17.7 Å². The van der Waals surface area contributed by atoms with Crippen LogP contribution in [0, 0.1) is 12.8 Å². The van der Waals surface area contributed by atoms with E-state index in [1.165, 1.54) is 19.1 Å². The highest BCUT2D eigenvalue weighted by atomic mass is 19.4. The molecule has 1 aliphatic heterocycles. The molecule has 5 rings (SSSR count). The Morgan fingerprint density at radius 3 is 2.42 bits per heavy atom. The number of carboxylic acids is 1. The van der Waals surface area contributed by atoms with Crippen LogP contribution in [0.3, 0.4) is 0 Å². The van der Waals surface area contributed by atoms with Crippen LogP contribution in [0.2, 0.25) is 0 Å². The Labute approximate surface area is 232 Å². The fourth-order valence-electron chi connectivity index (χ4n) is 6.23. The van der Waals surface area contributed by atoms with Gasteiger partial charge in [-0.25, -0.2) is 4.79 Å². The van der Waals surface area contributed by atoms with Gasteiger partial charge in [0.05, 0.1) is 17.8 Å². The molecule has 0 saturated carbocycles. The summed E-state index contributed by atoms with van der Waals surface area (Å²) in [6, 6.07) is 17.7. The quantitative estimate of drug-likeness (QED) is 0.290. The minimum absolute atomic E-state index is 0.171. The monoisotopic (exact) mass is 551 g/mol. The van der Waals surface area contributed by atoms with Gasteiger partial charge in [-0.2, -0.15) is 13.2 Å². The number of rotatable bonds is 8. The highest BCUT2D eigenvalue weighted by Crippen LogP contribution is 2.45. The maximum atomic E-state index is 14.3. The molecular weight excluding hydrogens is 518 g/mol. The van der Waals surface area contributed by atoms with Crippen LogP contribution in [0.1, 0.15) is 68.6 Å². The molecule has 210 valence electrons. The van der Waals surface area contributed by atoms with Gasteiger partial charge < -0.3 is 10.0 Å². The number of aryl methyl sites for hydroxylation is 2. The molecule has 1 fully saturated rings. The van der Waals surface area contributed by atoms with Crippen LogP contribution < -0.4 is 0 Å². The molecule has 3 aromatic carbocycles. The second-order valence-corrected chi connectivity index (χ2v) is 10.9. The van der Waals surface area contributed by atoms with Crippen molar-refractivity contribution in [2.75, 3.05) is 26.3 Å². The zero-order valence-corrected chi connectivity index (χ0v) is 22.5. The molecule has 1 saturated heterocycles. The number of benzene rings is 3. The van der Waals surface area contributed by atoms with E-state index in [0.717, 1.165) is 53.9 Å². The maximum absolute atomic E-state index is 14.3. The number of aromatic carboxylic acids is 1. The van der Waals surface area contributed by atoms with Crippen molar-refractivity contribution >= 4 is 17.1 Å². The lowest BCUT2D eigenvalue weighted by atomic mass is 9.84. The largest absolute Gasteiger partial charge is 0.478 e. The molecule has 1 aliphatic carbocycles. The molecule has 7 heteroatoms. The summed E-state index contributed by atoms with van der Waals surface area (Å²) in [7, 11) is 0. The Morgan fingerprint density at radius 2 is 1.75 bits per heavy atom. The molecule has 40 heavy (non-hydrogen) atoms. The first kappa shape index (κ1) is 28.1. The van der Waals surface area contributed by atoms with Gasteiger partial charge in [0.15, 0.2) is 0 Å². The van der Waals surface area contributed by atoms with E-state index in [1.807, 2.05) is 24.3 Å². The Morgan fingerprint density at radius 1 is 1.00 bits per heavy atom. The van der Waals surface area contributed by atoms with Gasteiger partial charge >= 0.3 is 12.1 Å². The van der Waals surface area contributed by atoms with Crippen molar-refractivity contribution in [1.82, 2.24) is 4.90 Å². The van der Waals surface area contributed by atoms with Crippen LogP contribution in [0.15, 0.2) is 60.7 Å². The summed E-state index contributed by atoms with van der Waals surface area (Å²) in [6.07, 6.45) is -1.42. The third kappa shape index (κ3) is 5.85. The van der Waals surface area contributed by atoms with Gasteiger partial charge in [0, 0.05) is 19.6 Å². The van der Waals surface area contributed by atoms with Crippen LogP contribution in [0.25, 0.3) is 11.1 Å². The fourth-order valence-corrected chi connectivity index (χ4v) is 6.23. The summed E-state index contributed by atoms with van der Waals surface area (Å²) in [5.74, 6) is -0.519. The Kier molecular flexibility index (Phi) is 8.13. The van der Waals surface area contributed by atoms with Crippen LogP contribution in [0.5, 0.6) is 0 Å². The number of hydrogen-bond acceptors (Lipinski definition) is 2. The van der Waals surface area contributed by atoms with E-state index in [9.17, 15) is 27.5 Å². The zero-order valence-electron chi connectivity index (χ0n) is 22.5. The van der Waals surface area contributed by atoms with Crippen LogP contribution >= 0.6 is 0 Å². The van der Waals surface area contributed by atoms with Crippen molar-refractivity contribution in [3.8, 4) is 0 Å². The standard InChI is InChI=1S/C33H33F4NO2/c1-21-5-2-8-29(31(21)33(35,36)37)28-7-3-6-25-18-26(32(39)40)13-14-27(25)30(28)24-11-9-22(10-12-24)17-23-19-38(20-23)16-4-15-34/h2,5,8-14,18,23H,3-4,6-7,15-17,19-20H2,1H3,(H,39,40). The number of fused-ring (bicyclic) bond motifs is 1. The van der Waals surface area contributed by atoms with Crippen molar-refractivity contribution in [2.45, 2.75) is 45.2 Å². The van der Waals surface area contributed by atoms with Crippen molar-refractivity contribution < 1.29 is 27.5 Å². The predicted molar refractivity (Wildman–Crippen MR) is 149 cm³/mol. The third-order valence-electron chi connectivity index (χ3n) is 8.09. The highest BCUT2D eigenvalue weighted by molar-refractivity contribution is 6.01. The lowest BCUT2D eigenvalue weighted by Crippen LogP contribution is -2.47. The van der Waals surface area contributed by atoms with Gasteiger partial charge in [-0.3, -0.25) is 4.39 Å². The molecule has 0 unspecified atom stereocenters. The van der Waals surface area contributed by atoms with Gasteiger partial charge in [0.1, 0.15) is 0 Å². The fraction of sp³-hybridized carbons (Fsp3) is 0.364. The summed E-state index contributed by atoms with van der Waals surface area (Å²) in [4.78, 5) is 13.9. The number of carboxylic acid groups (broad SMARTS) is 1. The van der Waals surface area contributed by atoms with Gasteiger partial charge in [-0.05, 0) is 102 Å². The molecule has 0 atom stereocenters. The first-order valence-corrected chi connectivity index (χ1v) is 13.8. The minimum atomic E-state index is -4.51. The Balaban J connectivity index is 1.57. The number of nitrogens with zero attached hydrogens (tertiary/aromatic N) is 1. The Bertz CT molecular complexity index is 1420. The van der Waals surface area contributed by atoms with E-state index in [-0.39, 0.29) is 23.4 Å². The van der Waals surface area contributed by atoms with Crippen LogP contribution in [-0.4, -0.2) is 42.3 Å². The molecule has 1 N–H and O–H groups in total. The topological polar surface area (TPSA) is 40.5 Å². The number of likely N-dealkylation sites (tertiary alicyclic amines) is 1. The number of allylic oxidation sites excluding steroid dienone is 1. The van der Waals surface area contributed by atoms with E-state index in [0.29, 0.717) is 37.2 Å². The van der Waals surface area contributed by atoms with Crippen molar-refractivity contribution in [2.24, 2.45) is 5.92 Å². The smallest absolute Gasteiger partial charge is 0.417 e. The second kappa shape index (κ2) is 11.6. The van der Waals surface area contributed by atoms with E-state index in [2.05, 4.69) is 4.90 Å². The summed E-state index contributed by atoms with van der Waals surface area (Å²) in [6.45, 7) is 3.87. The molecule has 0 bridgehead atoms. The Hall–Kier alpha value is -3.45. The first-order valence-electron chi connectivity index (χ1n) is 13.8. The average Bonchev–Trinajstić information content (AvgIpc) is 3.08. The number of carbonyl (C=O) groups is 1. The minimum Gasteiger partial charge on any atom is -0.478 e. The van der Waals surface area contributed by atoms with E-state index in [4.69, 9.17) is 0 Å². The summed E-state index contributed by atoms with van der Waals surface area (Å²) >= 11 is 0.